The smallest absolute Gasteiger partial charge is 0.159 e. The zero-order chi connectivity index (χ0) is 25.2. The molecule has 7 nitrogen and oxygen atoms in total. The maximum atomic E-state index is 13.1. The Labute approximate surface area is 215 Å². The summed E-state index contributed by atoms with van der Waals surface area (Å²) in [6.07, 6.45) is 12.1. The van der Waals surface area contributed by atoms with Gasteiger partial charge in [-0.1, -0.05) is 36.8 Å². The van der Waals surface area contributed by atoms with E-state index in [1.54, 1.807) is 13.3 Å². The number of hydrogen-bond donors (Lipinski definition) is 0. The van der Waals surface area contributed by atoms with Gasteiger partial charge in [0.2, 0.25) is 0 Å². The number of Topliss-reactive ketones (excluding diaryl/α,β-unsaturated/α-hetero) is 1. The standard InChI is InChI=1S/C29H41N5O2/c1-32(2)29(24-10-5-4-6-11-24)14-12-28(13-15-29)20-33(22-34(28)18-23-8-7-9-23)19-25(35)16-26-27(36-3)17-30-21-31-26/h4-6,10-11,17,21,23H,7-9,12-16,18-20,22H2,1-3H3. The molecule has 1 aliphatic heterocycles. The zero-order valence-electron chi connectivity index (χ0n) is 22.2. The number of ketones is 1. The largest absolute Gasteiger partial charge is 0.493 e. The van der Waals surface area contributed by atoms with Gasteiger partial charge in [0, 0.05) is 24.2 Å². The SMILES string of the molecule is COc1cncnc1CC(=O)CN1CN(CC2CCC2)C2(CCC(c3ccccc3)(N(C)C)CC2)C1. The molecule has 1 aromatic heterocycles. The molecule has 0 amide bonds. The van der Waals surface area contributed by atoms with Gasteiger partial charge < -0.3 is 4.74 Å². The van der Waals surface area contributed by atoms with Crippen molar-refractivity contribution in [1.82, 2.24) is 24.7 Å². The van der Waals surface area contributed by atoms with E-state index in [1.807, 2.05) is 0 Å². The Morgan fingerprint density at radius 3 is 2.53 bits per heavy atom. The molecule has 3 aliphatic rings. The van der Waals surface area contributed by atoms with Crippen LogP contribution >= 0.6 is 0 Å². The Balaban J connectivity index is 1.30. The number of ether oxygens (including phenoxy) is 1. The summed E-state index contributed by atoms with van der Waals surface area (Å²) in [6.45, 7) is 3.51. The summed E-state index contributed by atoms with van der Waals surface area (Å²) in [6, 6.07) is 11.0. The van der Waals surface area contributed by atoms with Gasteiger partial charge in [-0.3, -0.25) is 19.5 Å². The zero-order valence-corrected chi connectivity index (χ0v) is 22.2. The number of methoxy groups -OCH3 is 1. The van der Waals surface area contributed by atoms with Crippen LogP contribution in [0.25, 0.3) is 0 Å². The number of benzene rings is 1. The van der Waals surface area contributed by atoms with Crippen molar-refractivity contribution in [2.24, 2.45) is 5.92 Å². The van der Waals surface area contributed by atoms with E-state index in [0.29, 0.717) is 18.0 Å². The van der Waals surface area contributed by atoms with Gasteiger partial charge in [0.15, 0.2) is 11.5 Å². The van der Waals surface area contributed by atoms with Gasteiger partial charge in [-0.2, -0.15) is 0 Å². The molecule has 2 heterocycles. The molecule has 0 atom stereocenters. The van der Waals surface area contributed by atoms with Crippen LogP contribution in [-0.4, -0.2) is 83.5 Å². The molecular weight excluding hydrogens is 450 g/mol. The summed E-state index contributed by atoms with van der Waals surface area (Å²) >= 11 is 0. The van der Waals surface area contributed by atoms with E-state index in [9.17, 15) is 4.79 Å². The highest BCUT2D eigenvalue weighted by molar-refractivity contribution is 5.83. The van der Waals surface area contributed by atoms with Crippen molar-refractivity contribution in [2.45, 2.75) is 62.4 Å². The molecule has 2 saturated carbocycles. The fraction of sp³-hybridized carbons (Fsp3) is 0.621. The van der Waals surface area contributed by atoms with Crippen molar-refractivity contribution in [3.05, 3.63) is 54.1 Å². The van der Waals surface area contributed by atoms with Crippen LogP contribution in [0.2, 0.25) is 0 Å². The molecule has 2 aromatic rings. The van der Waals surface area contributed by atoms with Crippen LogP contribution < -0.4 is 4.74 Å². The molecule has 7 heteroatoms. The molecule has 194 valence electrons. The number of hydrogen-bond acceptors (Lipinski definition) is 7. The second-order valence-corrected chi connectivity index (χ2v) is 11.4. The Kier molecular flexibility index (Phi) is 7.42. The van der Waals surface area contributed by atoms with Crippen LogP contribution in [0.5, 0.6) is 5.75 Å². The highest BCUT2D eigenvalue weighted by Gasteiger charge is 2.51. The Morgan fingerprint density at radius 1 is 1.14 bits per heavy atom. The lowest BCUT2D eigenvalue weighted by Gasteiger charge is -2.52. The molecule has 1 spiro atoms. The van der Waals surface area contributed by atoms with Crippen LogP contribution in [0.3, 0.4) is 0 Å². The van der Waals surface area contributed by atoms with E-state index < -0.39 is 0 Å². The normalized spacial score (nSPS) is 27.4. The third-order valence-corrected chi connectivity index (χ3v) is 9.18. The fourth-order valence-corrected chi connectivity index (χ4v) is 6.79. The monoisotopic (exact) mass is 491 g/mol. The molecular formula is C29H41N5O2. The van der Waals surface area contributed by atoms with E-state index in [0.717, 1.165) is 44.8 Å². The summed E-state index contributed by atoms with van der Waals surface area (Å²) in [5.74, 6) is 1.59. The first-order valence-corrected chi connectivity index (χ1v) is 13.5. The van der Waals surface area contributed by atoms with Gasteiger partial charge in [0.25, 0.3) is 0 Å². The minimum atomic E-state index is 0.0848. The van der Waals surface area contributed by atoms with Crippen molar-refractivity contribution < 1.29 is 9.53 Å². The van der Waals surface area contributed by atoms with Crippen LogP contribution in [0, 0.1) is 5.92 Å². The molecule has 0 N–H and O–H groups in total. The lowest BCUT2D eigenvalue weighted by Crippen LogP contribution is -2.56. The summed E-state index contributed by atoms with van der Waals surface area (Å²) in [4.78, 5) is 29.0. The van der Waals surface area contributed by atoms with Crippen molar-refractivity contribution in [3.8, 4) is 5.75 Å². The predicted molar refractivity (Wildman–Crippen MR) is 141 cm³/mol. The second kappa shape index (κ2) is 10.6. The molecule has 5 rings (SSSR count). The summed E-state index contributed by atoms with van der Waals surface area (Å²) in [5, 5.41) is 0. The van der Waals surface area contributed by atoms with Crippen molar-refractivity contribution in [1.29, 1.82) is 0 Å². The van der Waals surface area contributed by atoms with E-state index >= 15 is 0 Å². The van der Waals surface area contributed by atoms with Crippen molar-refractivity contribution >= 4 is 5.78 Å². The number of aromatic nitrogens is 2. The van der Waals surface area contributed by atoms with Gasteiger partial charge in [-0.25, -0.2) is 9.97 Å². The first-order valence-electron chi connectivity index (χ1n) is 13.5. The molecule has 0 unspecified atom stereocenters. The van der Waals surface area contributed by atoms with E-state index in [2.05, 4.69) is 69.1 Å². The molecule has 1 saturated heterocycles. The number of carbonyl (C=O) groups excluding carboxylic acids is 1. The average Bonchev–Trinajstić information content (AvgIpc) is 3.18. The van der Waals surface area contributed by atoms with E-state index in [1.165, 1.54) is 37.7 Å². The van der Waals surface area contributed by atoms with Gasteiger partial charge in [-0.15, -0.1) is 0 Å². The third-order valence-electron chi connectivity index (χ3n) is 9.18. The highest BCUT2D eigenvalue weighted by Crippen LogP contribution is 2.49. The molecule has 1 aromatic carbocycles. The van der Waals surface area contributed by atoms with Gasteiger partial charge in [0.1, 0.15) is 6.33 Å². The van der Waals surface area contributed by atoms with E-state index in [-0.39, 0.29) is 23.3 Å². The van der Waals surface area contributed by atoms with Crippen LogP contribution in [0.15, 0.2) is 42.9 Å². The lowest BCUT2D eigenvalue weighted by molar-refractivity contribution is -0.119. The van der Waals surface area contributed by atoms with Crippen LogP contribution in [0.4, 0.5) is 0 Å². The maximum absolute atomic E-state index is 13.1. The van der Waals surface area contributed by atoms with Gasteiger partial charge >= 0.3 is 0 Å². The summed E-state index contributed by atoms with van der Waals surface area (Å²) in [7, 11) is 6.07. The predicted octanol–water partition coefficient (Wildman–Crippen LogP) is 3.74. The van der Waals surface area contributed by atoms with Crippen molar-refractivity contribution in [3.63, 3.8) is 0 Å². The number of nitrogens with zero attached hydrogens (tertiary/aromatic N) is 5. The molecule has 0 bridgehead atoms. The second-order valence-electron chi connectivity index (χ2n) is 11.4. The number of carbonyl (C=O) groups is 1. The quantitative estimate of drug-likeness (QED) is 0.530. The number of rotatable bonds is 9. The average molecular weight is 492 g/mol. The maximum Gasteiger partial charge on any atom is 0.159 e. The third kappa shape index (κ3) is 4.93. The Morgan fingerprint density at radius 2 is 1.89 bits per heavy atom. The fourth-order valence-electron chi connectivity index (χ4n) is 6.79. The summed E-state index contributed by atoms with van der Waals surface area (Å²) < 4.78 is 5.36. The van der Waals surface area contributed by atoms with Crippen LogP contribution in [0.1, 0.15) is 56.2 Å². The van der Waals surface area contributed by atoms with Gasteiger partial charge in [0.05, 0.1) is 38.6 Å². The topological polar surface area (TPSA) is 61.8 Å². The van der Waals surface area contributed by atoms with Crippen molar-refractivity contribution in [2.75, 3.05) is 47.5 Å². The van der Waals surface area contributed by atoms with Crippen LogP contribution in [-0.2, 0) is 16.8 Å². The Hall–Kier alpha value is -2.35. The molecule has 2 aliphatic carbocycles. The summed E-state index contributed by atoms with van der Waals surface area (Å²) in [5.41, 5.74) is 2.35. The van der Waals surface area contributed by atoms with Gasteiger partial charge in [-0.05, 0) is 64.1 Å². The minimum absolute atomic E-state index is 0.0848. The Bertz CT molecular complexity index is 1030. The minimum Gasteiger partial charge on any atom is -0.493 e. The highest BCUT2D eigenvalue weighted by atomic mass is 16.5. The van der Waals surface area contributed by atoms with E-state index in [4.69, 9.17) is 4.74 Å². The first kappa shape index (κ1) is 25.3. The molecule has 0 radical (unpaired) electrons. The molecule has 36 heavy (non-hydrogen) atoms. The first-order chi connectivity index (χ1) is 17.4. The lowest BCUT2D eigenvalue weighted by atomic mass is 9.68. The molecule has 3 fully saturated rings.